The van der Waals surface area contributed by atoms with Crippen molar-refractivity contribution in [3.05, 3.63) is 0 Å². The van der Waals surface area contributed by atoms with Crippen molar-refractivity contribution in [1.29, 1.82) is 0 Å². The predicted octanol–water partition coefficient (Wildman–Crippen LogP) is 0.483. The lowest BCUT2D eigenvalue weighted by Crippen LogP contribution is -2.53. The summed E-state index contributed by atoms with van der Waals surface area (Å²) in [7, 11) is -3.30. The molecule has 2 aliphatic rings. The Kier molecular flexibility index (Phi) is 5.32. The molecule has 5 nitrogen and oxygen atoms in total. The van der Waals surface area contributed by atoms with Crippen LogP contribution in [0, 0.1) is 0 Å². The van der Waals surface area contributed by atoms with Crippen LogP contribution >= 0.6 is 11.8 Å². The van der Waals surface area contributed by atoms with E-state index in [1.807, 2.05) is 11.8 Å². The molecule has 0 aromatic rings. The molecule has 0 saturated carbocycles. The summed E-state index contributed by atoms with van der Waals surface area (Å²) >= 11 is 1.84. The van der Waals surface area contributed by atoms with E-state index < -0.39 is 10.2 Å². The fraction of sp³-hybridized carbons (Fsp3) is 1.00. The molecule has 1 unspecified atom stereocenters. The van der Waals surface area contributed by atoms with E-state index in [0.717, 1.165) is 37.2 Å². The zero-order valence-corrected chi connectivity index (χ0v) is 12.4. The molecule has 0 radical (unpaired) electrons. The second-order valence-corrected chi connectivity index (χ2v) is 7.97. The molecule has 0 spiro atoms. The van der Waals surface area contributed by atoms with Gasteiger partial charge in [-0.2, -0.15) is 28.8 Å². The molecule has 2 aliphatic heterocycles. The Hall–Kier alpha value is 0.180. The summed E-state index contributed by atoms with van der Waals surface area (Å²) in [5.74, 6) is 1.96. The number of piperidine rings is 1. The van der Waals surface area contributed by atoms with Crippen molar-refractivity contribution < 1.29 is 8.42 Å². The van der Waals surface area contributed by atoms with Crippen molar-refractivity contribution in [3.63, 3.8) is 0 Å². The lowest BCUT2D eigenvalue weighted by Gasteiger charge is -2.37. The van der Waals surface area contributed by atoms with Crippen LogP contribution in [0.25, 0.3) is 0 Å². The maximum Gasteiger partial charge on any atom is 0.282 e. The van der Waals surface area contributed by atoms with Crippen molar-refractivity contribution in [1.82, 2.24) is 8.61 Å². The summed E-state index contributed by atoms with van der Waals surface area (Å²) in [6.45, 7) is 2.36. The summed E-state index contributed by atoms with van der Waals surface area (Å²) in [6, 6.07) is -0.000318. The van der Waals surface area contributed by atoms with Gasteiger partial charge in [-0.1, -0.05) is 6.42 Å². The molecular formula is C11H23N3O2S2. The Balaban J connectivity index is 2.12. The Morgan fingerprint density at radius 3 is 2.72 bits per heavy atom. The van der Waals surface area contributed by atoms with Gasteiger partial charge >= 0.3 is 0 Å². The van der Waals surface area contributed by atoms with E-state index in [4.69, 9.17) is 5.73 Å². The van der Waals surface area contributed by atoms with Crippen LogP contribution < -0.4 is 5.73 Å². The quantitative estimate of drug-likeness (QED) is 0.822. The first-order valence-corrected chi connectivity index (χ1v) is 9.26. The third-order valence-corrected chi connectivity index (χ3v) is 6.79. The minimum atomic E-state index is -3.30. The van der Waals surface area contributed by atoms with Gasteiger partial charge in [0.05, 0.1) is 0 Å². The Bertz CT molecular complexity index is 353. The summed E-state index contributed by atoms with van der Waals surface area (Å²) in [5, 5.41) is 0. The zero-order chi connectivity index (χ0) is 13.0. The average Bonchev–Trinajstić information content (AvgIpc) is 2.68. The van der Waals surface area contributed by atoms with Crippen molar-refractivity contribution in [3.8, 4) is 0 Å². The molecule has 0 aliphatic carbocycles. The molecule has 2 heterocycles. The molecule has 0 amide bonds. The van der Waals surface area contributed by atoms with Crippen LogP contribution in [0.2, 0.25) is 0 Å². The first-order chi connectivity index (χ1) is 8.66. The van der Waals surface area contributed by atoms with Crippen LogP contribution in [0.1, 0.15) is 25.7 Å². The lowest BCUT2D eigenvalue weighted by molar-refractivity contribution is 0.237. The number of hydrogen-bond acceptors (Lipinski definition) is 4. The van der Waals surface area contributed by atoms with Crippen molar-refractivity contribution >= 4 is 22.0 Å². The smallest absolute Gasteiger partial charge is 0.282 e. The van der Waals surface area contributed by atoms with Gasteiger partial charge in [-0.25, -0.2) is 0 Å². The van der Waals surface area contributed by atoms with Gasteiger partial charge in [0.25, 0.3) is 10.2 Å². The van der Waals surface area contributed by atoms with E-state index in [0.29, 0.717) is 26.2 Å². The number of thioether (sulfide) groups is 1. The first-order valence-electron chi connectivity index (χ1n) is 6.71. The number of rotatable bonds is 3. The van der Waals surface area contributed by atoms with Crippen LogP contribution in [-0.2, 0) is 10.2 Å². The molecule has 1 atom stereocenters. The number of nitrogens with two attached hydrogens (primary N) is 1. The van der Waals surface area contributed by atoms with Gasteiger partial charge in [0.15, 0.2) is 0 Å². The van der Waals surface area contributed by atoms with Gasteiger partial charge in [-0.05, 0) is 25.0 Å². The summed E-state index contributed by atoms with van der Waals surface area (Å²) < 4.78 is 28.6. The summed E-state index contributed by atoms with van der Waals surface area (Å²) in [6.07, 6.45) is 3.89. The molecule has 2 saturated heterocycles. The van der Waals surface area contributed by atoms with Gasteiger partial charge in [0.2, 0.25) is 0 Å². The highest BCUT2D eigenvalue weighted by atomic mass is 32.2. The van der Waals surface area contributed by atoms with Crippen molar-refractivity contribution in [2.24, 2.45) is 5.73 Å². The second-order valence-electron chi connectivity index (χ2n) is 4.87. The maximum atomic E-state index is 12.6. The molecule has 18 heavy (non-hydrogen) atoms. The van der Waals surface area contributed by atoms with Crippen LogP contribution in [0.15, 0.2) is 0 Å². The highest BCUT2D eigenvalue weighted by molar-refractivity contribution is 7.99. The van der Waals surface area contributed by atoms with Crippen molar-refractivity contribution in [2.45, 2.75) is 31.7 Å². The molecule has 7 heteroatoms. The zero-order valence-electron chi connectivity index (χ0n) is 10.8. The maximum absolute atomic E-state index is 12.6. The van der Waals surface area contributed by atoms with Crippen LogP contribution in [0.5, 0.6) is 0 Å². The molecule has 0 aromatic heterocycles. The fourth-order valence-electron chi connectivity index (χ4n) is 2.62. The number of hydrogen-bond donors (Lipinski definition) is 1. The van der Waals surface area contributed by atoms with Gasteiger partial charge in [-0.3, -0.25) is 0 Å². The number of nitrogens with zero attached hydrogens (tertiary/aromatic N) is 2. The van der Waals surface area contributed by atoms with Crippen LogP contribution in [0.4, 0.5) is 0 Å². The van der Waals surface area contributed by atoms with E-state index in [9.17, 15) is 8.42 Å². The SMILES string of the molecule is NCC1CCCCN1S(=O)(=O)N1CCCSCC1. The Labute approximate surface area is 114 Å². The molecule has 0 aromatic carbocycles. The lowest BCUT2D eigenvalue weighted by atomic mass is 10.1. The monoisotopic (exact) mass is 293 g/mol. The molecule has 0 bridgehead atoms. The Morgan fingerprint density at radius 1 is 1.11 bits per heavy atom. The van der Waals surface area contributed by atoms with Gasteiger partial charge < -0.3 is 5.73 Å². The van der Waals surface area contributed by atoms with E-state index in [2.05, 4.69) is 0 Å². The highest BCUT2D eigenvalue weighted by Crippen LogP contribution is 2.23. The van der Waals surface area contributed by atoms with Gasteiger partial charge in [-0.15, -0.1) is 0 Å². The van der Waals surface area contributed by atoms with Gasteiger partial charge in [0, 0.05) is 38.0 Å². The molecule has 2 N–H and O–H groups in total. The summed E-state index contributed by atoms with van der Waals surface area (Å²) in [5.41, 5.74) is 5.72. The topological polar surface area (TPSA) is 66.6 Å². The van der Waals surface area contributed by atoms with Crippen LogP contribution in [0.3, 0.4) is 0 Å². The van der Waals surface area contributed by atoms with Crippen molar-refractivity contribution in [2.75, 3.05) is 37.7 Å². The summed E-state index contributed by atoms with van der Waals surface area (Å²) in [4.78, 5) is 0. The van der Waals surface area contributed by atoms with E-state index >= 15 is 0 Å². The first kappa shape index (κ1) is 14.6. The minimum absolute atomic E-state index is 0.000318. The fourth-order valence-corrected chi connectivity index (χ4v) is 5.52. The third kappa shape index (κ3) is 3.19. The van der Waals surface area contributed by atoms with E-state index in [1.165, 1.54) is 0 Å². The molecule has 2 fully saturated rings. The third-order valence-electron chi connectivity index (χ3n) is 3.65. The van der Waals surface area contributed by atoms with Gasteiger partial charge in [0.1, 0.15) is 0 Å². The molecular weight excluding hydrogens is 270 g/mol. The normalized spacial score (nSPS) is 29.1. The van der Waals surface area contributed by atoms with Crippen LogP contribution in [-0.4, -0.2) is 60.8 Å². The molecule has 2 rings (SSSR count). The standard InChI is InChI=1S/C11H23N3O2S2/c12-10-11-4-1-2-6-14(11)18(15,16)13-5-3-8-17-9-7-13/h11H,1-10,12H2. The Morgan fingerprint density at radius 2 is 1.94 bits per heavy atom. The predicted molar refractivity (Wildman–Crippen MR) is 75.8 cm³/mol. The highest BCUT2D eigenvalue weighted by Gasteiger charge is 2.35. The minimum Gasteiger partial charge on any atom is -0.329 e. The van der Waals surface area contributed by atoms with E-state index in [1.54, 1.807) is 8.61 Å². The average molecular weight is 293 g/mol. The van der Waals surface area contributed by atoms with E-state index in [-0.39, 0.29) is 6.04 Å². The largest absolute Gasteiger partial charge is 0.329 e. The molecule has 106 valence electrons. The second kappa shape index (κ2) is 6.56.